The third-order valence-corrected chi connectivity index (χ3v) is 3.24. The molecule has 0 aliphatic heterocycles. The highest BCUT2D eigenvalue weighted by atomic mass is 16.6. The molecule has 0 spiro atoms. The predicted octanol–water partition coefficient (Wildman–Crippen LogP) is 4.15. The van der Waals surface area contributed by atoms with Crippen molar-refractivity contribution in [1.82, 2.24) is 0 Å². The van der Waals surface area contributed by atoms with Crippen molar-refractivity contribution >= 4 is 11.7 Å². The first-order chi connectivity index (χ1) is 9.56. The average molecular weight is 275 g/mol. The van der Waals surface area contributed by atoms with Crippen LogP contribution in [0.25, 0.3) is 0 Å². The summed E-state index contributed by atoms with van der Waals surface area (Å²) in [4.78, 5) is 13.8. The van der Waals surface area contributed by atoms with E-state index in [1.807, 2.05) is 42.3 Å². The maximum absolute atomic E-state index is 11.8. The largest absolute Gasteiger partial charge is 0.438 e. The van der Waals surface area contributed by atoms with Gasteiger partial charge in [0.1, 0.15) is 0 Å². The number of rotatable bonds is 8. The smallest absolute Gasteiger partial charge is 0.335 e. The summed E-state index contributed by atoms with van der Waals surface area (Å²) in [7, 11) is 1.96. The fourth-order valence-corrected chi connectivity index (χ4v) is 1.95. The number of carbonyl (C=O) groups is 1. The number of ether oxygens (including phenoxy) is 1. The molecule has 0 N–H and O–H groups in total. The van der Waals surface area contributed by atoms with Crippen molar-refractivity contribution in [3.8, 4) is 0 Å². The van der Waals surface area contributed by atoms with E-state index >= 15 is 0 Å². The van der Waals surface area contributed by atoms with Gasteiger partial charge < -0.3 is 9.64 Å². The van der Waals surface area contributed by atoms with Gasteiger partial charge in [-0.1, -0.05) is 44.5 Å². The summed E-state index contributed by atoms with van der Waals surface area (Å²) in [6.07, 6.45) is 3.92. The molecule has 3 heteroatoms. The zero-order valence-electron chi connectivity index (χ0n) is 12.8. The Morgan fingerprint density at radius 1 is 1.30 bits per heavy atom. The Labute approximate surface area is 122 Å². The lowest BCUT2D eigenvalue weighted by Gasteiger charge is -2.29. The van der Waals surface area contributed by atoms with Gasteiger partial charge >= 0.3 is 5.97 Å². The van der Waals surface area contributed by atoms with Gasteiger partial charge in [-0.2, -0.15) is 0 Å². The summed E-state index contributed by atoms with van der Waals surface area (Å²) < 4.78 is 5.56. The first kappa shape index (κ1) is 16.3. The van der Waals surface area contributed by atoms with Gasteiger partial charge in [0.25, 0.3) is 0 Å². The number of para-hydroxylation sites is 1. The molecule has 1 rings (SSSR count). The highest BCUT2D eigenvalue weighted by Gasteiger charge is 2.19. The van der Waals surface area contributed by atoms with E-state index in [4.69, 9.17) is 4.74 Å². The fourth-order valence-electron chi connectivity index (χ4n) is 1.95. The van der Waals surface area contributed by atoms with E-state index in [0.717, 1.165) is 31.4 Å². The first-order valence-corrected chi connectivity index (χ1v) is 7.20. The third kappa shape index (κ3) is 5.08. The third-order valence-electron chi connectivity index (χ3n) is 3.24. The molecule has 0 aromatic heterocycles. The van der Waals surface area contributed by atoms with Gasteiger partial charge in [-0.3, -0.25) is 0 Å². The van der Waals surface area contributed by atoms with Crippen LogP contribution in [-0.4, -0.2) is 19.2 Å². The van der Waals surface area contributed by atoms with Crippen molar-refractivity contribution in [1.29, 1.82) is 0 Å². The summed E-state index contributed by atoms with van der Waals surface area (Å²) in [5.74, 6) is -0.325. The highest BCUT2D eigenvalue weighted by molar-refractivity contribution is 5.87. The Hall–Kier alpha value is -1.77. The van der Waals surface area contributed by atoms with Gasteiger partial charge in [0, 0.05) is 24.7 Å². The molecule has 1 unspecified atom stereocenters. The molecule has 0 aliphatic carbocycles. The summed E-state index contributed by atoms with van der Waals surface area (Å²) in [6.45, 7) is 7.48. The van der Waals surface area contributed by atoms with Gasteiger partial charge in [-0.25, -0.2) is 4.79 Å². The lowest BCUT2D eigenvalue weighted by atomic mass is 10.1. The SMILES string of the molecule is C=C(C)C(=O)OC(CCCCC)N(C)c1ccccc1. The van der Waals surface area contributed by atoms with Crippen LogP contribution in [0, 0.1) is 0 Å². The lowest BCUT2D eigenvalue weighted by Crippen LogP contribution is -2.36. The zero-order chi connectivity index (χ0) is 15.0. The van der Waals surface area contributed by atoms with Crippen molar-refractivity contribution in [3.63, 3.8) is 0 Å². The monoisotopic (exact) mass is 275 g/mol. The normalized spacial score (nSPS) is 11.8. The number of anilines is 1. The molecule has 0 aliphatic rings. The molecule has 1 aromatic carbocycles. The molecule has 110 valence electrons. The Balaban J connectivity index is 2.75. The maximum atomic E-state index is 11.8. The fraction of sp³-hybridized carbons (Fsp3) is 0.471. The van der Waals surface area contributed by atoms with Gasteiger partial charge in [0.2, 0.25) is 0 Å². The molecule has 0 saturated carbocycles. The van der Waals surface area contributed by atoms with Crippen LogP contribution in [0.3, 0.4) is 0 Å². The van der Waals surface area contributed by atoms with Gasteiger partial charge in [0.05, 0.1) is 0 Å². The quantitative estimate of drug-likeness (QED) is 0.309. The van der Waals surface area contributed by atoms with Crippen molar-refractivity contribution in [3.05, 3.63) is 42.5 Å². The summed E-state index contributed by atoms with van der Waals surface area (Å²) in [5.41, 5.74) is 1.48. The van der Waals surface area contributed by atoms with E-state index in [0.29, 0.717) is 5.57 Å². The second kappa shape index (κ2) is 8.41. The van der Waals surface area contributed by atoms with E-state index in [2.05, 4.69) is 13.5 Å². The van der Waals surface area contributed by atoms with Crippen LogP contribution < -0.4 is 4.90 Å². The summed E-state index contributed by atoms with van der Waals surface area (Å²) in [6, 6.07) is 9.97. The van der Waals surface area contributed by atoms with Crippen LogP contribution in [0.5, 0.6) is 0 Å². The molecule has 3 nitrogen and oxygen atoms in total. The number of carbonyl (C=O) groups excluding carboxylic acids is 1. The number of hydrogen-bond donors (Lipinski definition) is 0. The number of esters is 1. The Bertz CT molecular complexity index is 428. The summed E-state index contributed by atoms with van der Waals surface area (Å²) >= 11 is 0. The minimum absolute atomic E-state index is 0.242. The maximum Gasteiger partial charge on any atom is 0.335 e. The minimum atomic E-state index is -0.325. The number of hydrogen-bond acceptors (Lipinski definition) is 3. The summed E-state index contributed by atoms with van der Waals surface area (Å²) in [5, 5.41) is 0. The molecular formula is C17H25NO2. The molecule has 0 bridgehead atoms. The van der Waals surface area contributed by atoms with E-state index in [-0.39, 0.29) is 12.2 Å². The van der Waals surface area contributed by atoms with Crippen LogP contribution in [0.1, 0.15) is 39.5 Å². The predicted molar refractivity (Wildman–Crippen MR) is 83.7 cm³/mol. The second-order valence-electron chi connectivity index (χ2n) is 5.08. The molecule has 0 saturated heterocycles. The zero-order valence-corrected chi connectivity index (χ0v) is 12.8. The first-order valence-electron chi connectivity index (χ1n) is 7.20. The van der Waals surface area contributed by atoms with Crippen LogP contribution >= 0.6 is 0 Å². The van der Waals surface area contributed by atoms with Crippen LogP contribution in [0.4, 0.5) is 5.69 Å². The minimum Gasteiger partial charge on any atom is -0.438 e. The molecule has 0 heterocycles. The van der Waals surface area contributed by atoms with E-state index in [9.17, 15) is 4.79 Å². The van der Waals surface area contributed by atoms with Crippen LogP contribution in [0.2, 0.25) is 0 Å². The Morgan fingerprint density at radius 2 is 1.95 bits per heavy atom. The molecule has 1 aromatic rings. The number of unbranched alkanes of at least 4 members (excludes halogenated alkanes) is 2. The number of benzene rings is 1. The average Bonchev–Trinajstić information content (AvgIpc) is 2.46. The van der Waals surface area contributed by atoms with Crippen molar-refractivity contribution in [2.24, 2.45) is 0 Å². The van der Waals surface area contributed by atoms with Gasteiger partial charge in [-0.15, -0.1) is 0 Å². The standard InChI is InChI=1S/C17H25NO2/c1-5-6-8-13-16(20-17(19)14(2)3)18(4)15-11-9-7-10-12-15/h7,9-12,16H,2,5-6,8,13H2,1,3-4H3. The number of nitrogens with zero attached hydrogens (tertiary/aromatic N) is 1. The van der Waals surface area contributed by atoms with E-state index < -0.39 is 0 Å². The van der Waals surface area contributed by atoms with E-state index in [1.54, 1.807) is 6.92 Å². The van der Waals surface area contributed by atoms with Crippen molar-refractivity contribution in [2.75, 3.05) is 11.9 Å². The van der Waals surface area contributed by atoms with E-state index in [1.165, 1.54) is 0 Å². The van der Waals surface area contributed by atoms with Crippen molar-refractivity contribution < 1.29 is 9.53 Å². The van der Waals surface area contributed by atoms with Crippen molar-refractivity contribution in [2.45, 2.75) is 45.8 Å². The highest BCUT2D eigenvalue weighted by Crippen LogP contribution is 2.19. The second-order valence-corrected chi connectivity index (χ2v) is 5.08. The lowest BCUT2D eigenvalue weighted by molar-refractivity contribution is -0.144. The molecular weight excluding hydrogens is 250 g/mol. The Kier molecular flexibility index (Phi) is 6.85. The topological polar surface area (TPSA) is 29.5 Å². The molecule has 20 heavy (non-hydrogen) atoms. The molecule has 0 amide bonds. The molecule has 1 atom stereocenters. The van der Waals surface area contributed by atoms with Gasteiger partial charge in [0.15, 0.2) is 6.23 Å². The molecule has 0 radical (unpaired) electrons. The Morgan fingerprint density at radius 3 is 2.50 bits per heavy atom. The molecule has 0 fully saturated rings. The van der Waals surface area contributed by atoms with Crippen LogP contribution in [-0.2, 0) is 9.53 Å². The van der Waals surface area contributed by atoms with Gasteiger partial charge in [-0.05, 0) is 25.5 Å². The van der Waals surface area contributed by atoms with Crippen LogP contribution in [0.15, 0.2) is 42.5 Å².